The van der Waals surface area contributed by atoms with Crippen molar-refractivity contribution in [1.82, 2.24) is 10.3 Å². The van der Waals surface area contributed by atoms with Crippen LogP contribution < -0.4 is 5.32 Å². The van der Waals surface area contributed by atoms with Gasteiger partial charge in [-0.05, 0) is 25.0 Å². The Labute approximate surface area is 118 Å². The van der Waals surface area contributed by atoms with Gasteiger partial charge in [-0.1, -0.05) is 24.4 Å². The van der Waals surface area contributed by atoms with Gasteiger partial charge in [-0.3, -0.25) is 9.78 Å². The van der Waals surface area contributed by atoms with Crippen LogP contribution in [0.1, 0.15) is 31.4 Å². The van der Waals surface area contributed by atoms with Gasteiger partial charge in [-0.2, -0.15) is 0 Å². The summed E-state index contributed by atoms with van der Waals surface area (Å²) in [5, 5.41) is 3.63. The first kappa shape index (κ1) is 14.3. The van der Waals surface area contributed by atoms with E-state index in [4.69, 9.17) is 16.3 Å². The lowest BCUT2D eigenvalue weighted by atomic mass is 9.92. The maximum Gasteiger partial charge on any atom is 0.226 e. The molecule has 1 N–H and O–H groups in total. The van der Waals surface area contributed by atoms with Gasteiger partial charge in [0.2, 0.25) is 5.91 Å². The van der Waals surface area contributed by atoms with Crippen molar-refractivity contribution in [3.05, 3.63) is 29.0 Å². The molecule has 0 aliphatic heterocycles. The van der Waals surface area contributed by atoms with E-state index in [9.17, 15) is 4.79 Å². The number of amides is 1. The van der Waals surface area contributed by atoms with Gasteiger partial charge in [0, 0.05) is 19.0 Å². The van der Waals surface area contributed by atoms with E-state index in [2.05, 4.69) is 10.3 Å². The average molecular weight is 283 g/mol. The predicted octanol–water partition coefficient (Wildman–Crippen LogP) is 2.35. The SMILES string of the molecule is CO[C@@H]1CCCC[C@H]1NC(=O)Cc1ccc(Cl)cn1. The fraction of sp³-hybridized carbons (Fsp3) is 0.571. The highest BCUT2D eigenvalue weighted by atomic mass is 35.5. The molecular formula is C14H19ClN2O2. The monoisotopic (exact) mass is 282 g/mol. The number of hydrogen-bond acceptors (Lipinski definition) is 3. The quantitative estimate of drug-likeness (QED) is 0.922. The van der Waals surface area contributed by atoms with Crippen molar-refractivity contribution in [2.75, 3.05) is 7.11 Å². The molecule has 19 heavy (non-hydrogen) atoms. The van der Waals surface area contributed by atoms with Gasteiger partial charge in [0.1, 0.15) is 0 Å². The van der Waals surface area contributed by atoms with Gasteiger partial charge in [0.15, 0.2) is 0 Å². The Bertz CT molecular complexity index is 422. The van der Waals surface area contributed by atoms with Crippen molar-refractivity contribution in [3.8, 4) is 0 Å². The number of carbonyl (C=O) groups is 1. The van der Waals surface area contributed by atoms with Crippen molar-refractivity contribution in [3.63, 3.8) is 0 Å². The predicted molar refractivity (Wildman–Crippen MR) is 74.1 cm³/mol. The molecule has 0 unspecified atom stereocenters. The average Bonchev–Trinajstić information content (AvgIpc) is 2.42. The summed E-state index contributed by atoms with van der Waals surface area (Å²) in [6.45, 7) is 0. The molecule has 104 valence electrons. The van der Waals surface area contributed by atoms with Gasteiger partial charge < -0.3 is 10.1 Å². The Hall–Kier alpha value is -1.13. The molecule has 5 heteroatoms. The molecule has 2 atom stereocenters. The first-order valence-electron chi connectivity index (χ1n) is 6.61. The summed E-state index contributed by atoms with van der Waals surface area (Å²) in [5.74, 6) is -0.0104. The highest BCUT2D eigenvalue weighted by Crippen LogP contribution is 2.20. The molecule has 1 heterocycles. The van der Waals surface area contributed by atoms with Crippen LogP contribution in [0.2, 0.25) is 5.02 Å². The summed E-state index contributed by atoms with van der Waals surface area (Å²) in [4.78, 5) is 16.1. The number of carbonyl (C=O) groups excluding carboxylic acids is 1. The fourth-order valence-corrected chi connectivity index (χ4v) is 2.59. The van der Waals surface area contributed by atoms with E-state index in [1.807, 2.05) is 0 Å². The summed E-state index contributed by atoms with van der Waals surface area (Å²) in [7, 11) is 1.70. The van der Waals surface area contributed by atoms with Crippen LogP contribution in [0.15, 0.2) is 18.3 Å². The van der Waals surface area contributed by atoms with E-state index >= 15 is 0 Å². The maximum absolute atomic E-state index is 12.0. The second-order valence-corrected chi connectivity index (χ2v) is 5.31. The number of methoxy groups -OCH3 is 1. The summed E-state index contributed by atoms with van der Waals surface area (Å²) < 4.78 is 5.42. The topological polar surface area (TPSA) is 51.2 Å². The smallest absolute Gasteiger partial charge is 0.226 e. The third-order valence-electron chi connectivity index (χ3n) is 3.48. The lowest BCUT2D eigenvalue weighted by Crippen LogP contribution is -2.46. The number of halogens is 1. The molecule has 0 saturated heterocycles. The molecular weight excluding hydrogens is 264 g/mol. The molecule has 0 radical (unpaired) electrons. The Morgan fingerprint density at radius 1 is 1.47 bits per heavy atom. The van der Waals surface area contributed by atoms with Crippen molar-refractivity contribution >= 4 is 17.5 Å². The highest BCUT2D eigenvalue weighted by Gasteiger charge is 2.26. The molecule has 1 amide bonds. The lowest BCUT2D eigenvalue weighted by molar-refractivity contribution is -0.122. The van der Waals surface area contributed by atoms with E-state index in [0.717, 1.165) is 25.0 Å². The largest absolute Gasteiger partial charge is 0.379 e. The molecule has 1 aliphatic rings. The number of ether oxygens (including phenoxy) is 1. The highest BCUT2D eigenvalue weighted by molar-refractivity contribution is 6.30. The van der Waals surface area contributed by atoms with Crippen molar-refractivity contribution in [2.45, 2.75) is 44.2 Å². The Balaban J connectivity index is 1.88. The van der Waals surface area contributed by atoms with Crippen LogP contribution in [0.5, 0.6) is 0 Å². The molecule has 0 spiro atoms. The zero-order valence-corrected chi connectivity index (χ0v) is 11.8. The minimum Gasteiger partial charge on any atom is -0.379 e. The minimum absolute atomic E-state index is 0.0104. The van der Waals surface area contributed by atoms with Crippen LogP contribution in [0.4, 0.5) is 0 Å². The van der Waals surface area contributed by atoms with Crippen molar-refractivity contribution in [1.29, 1.82) is 0 Å². The van der Waals surface area contributed by atoms with Gasteiger partial charge in [-0.25, -0.2) is 0 Å². The second-order valence-electron chi connectivity index (χ2n) is 4.88. The molecule has 1 aliphatic carbocycles. The van der Waals surface area contributed by atoms with E-state index in [1.54, 1.807) is 25.4 Å². The molecule has 0 aromatic carbocycles. The third-order valence-corrected chi connectivity index (χ3v) is 3.71. The molecule has 1 aromatic rings. The number of pyridine rings is 1. The molecule has 4 nitrogen and oxygen atoms in total. The number of hydrogen-bond donors (Lipinski definition) is 1. The summed E-state index contributed by atoms with van der Waals surface area (Å²) in [6, 6.07) is 3.64. The minimum atomic E-state index is -0.0104. The Kier molecular flexibility index (Phi) is 5.16. The van der Waals surface area contributed by atoms with Gasteiger partial charge >= 0.3 is 0 Å². The van der Waals surface area contributed by atoms with Crippen LogP contribution in [0.25, 0.3) is 0 Å². The summed E-state index contributed by atoms with van der Waals surface area (Å²) >= 11 is 5.76. The second kappa shape index (κ2) is 6.87. The van der Waals surface area contributed by atoms with Crippen molar-refractivity contribution < 1.29 is 9.53 Å². The van der Waals surface area contributed by atoms with E-state index in [0.29, 0.717) is 5.02 Å². The summed E-state index contributed by atoms with van der Waals surface area (Å²) in [5.41, 5.74) is 0.728. The zero-order chi connectivity index (χ0) is 13.7. The first-order valence-corrected chi connectivity index (χ1v) is 6.99. The standard InChI is InChI=1S/C14H19ClN2O2/c1-19-13-5-3-2-4-12(13)17-14(18)8-11-7-6-10(15)9-16-11/h6-7,9,12-13H,2-5,8H2,1H3,(H,17,18)/t12-,13-/m1/s1. The summed E-state index contributed by atoms with van der Waals surface area (Å²) in [6.07, 6.45) is 6.29. The maximum atomic E-state index is 12.0. The van der Waals surface area contributed by atoms with E-state index in [-0.39, 0.29) is 24.5 Å². The fourth-order valence-electron chi connectivity index (χ4n) is 2.48. The molecule has 1 aromatic heterocycles. The van der Waals surface area contributed by atoms with Gasteiger partial charge in [-0.15, -0.1) is 0 Å². The van der Waals surface area contributed by atoms with E-state index in [1.165, 1.54) is 6.42 Å². The van der Waals surface area contributed by atoms with Crippen LogP contribution >= 0.6 is 11.6 Å². The van der Waals surface area contributed by atoms with Crippen LogP contribution in [0, 0.1) is 0 Å². The lowest BCUT2D eigenvalue weighted by Gasteiger charge is -2.31. The molecule has 1 saturated carbocycles. The van der Waals surface area contributed by atoms with Crippen LogP contribution in [-0.4, -0.2) is 30.1 Å². The Morgan fingerprint density at radius 3 is 2.95 bits per heavy atom. The van der Waals surface area contributed by atoms with Gasteiger partial charge in [0.05, 0.1) is 23.6 Å². The molecule has 2 rings (SSSR count). The number of nitrogens with zero attached hydrogens (tertiary/aromatic N) is 1. The molecule has 1 fully saturated rings. The van der Waals surface area contributed by atoms with Gasteiger partial charge in [0.25, 0.3) is 0 Å². The van der Waals surface area contributed by atoms with Crippen molar-refractivity contribution in [2.24, 2.45) is 0 Å². The zero-order valence-electron chi connectivity index (χ0n) is 11.1. The Morgan fingerprint density at radius 2 is 2.26 bits per heavy atom. The number of nitrogens with one attached hydrogen (secondary N) is 1. The molecule has 0 bridgehead atoms. The van der Waals surface area contributed by atoms with E-state index < -0.39 is 0 Å². The van der Waals surface area contributed by atoms with Crippen LogP contribution in [0.3, 0.4) is 0 Å². The number of aromatic nitrogens is 1. The van der Waals surface area contributed by atoms with Crippen LogP contribution in [-0.2, 0) is 16.0 Å². The first-order chi connectivity index (χ1) is 9.19. The number of rotatable bonds is 4. The normalized spacial score (nSPS) is 23.1. The third kappa shape index (κ3) is 4.18.